The molecule has 1 atom stereocenters. The Bertz CT molecular complexity index is 1200. The van der Waals surface area contributed by atoms with Gasteiger partial charge in [-0.3, -0.25) is 9.10 Å². The zero-order chi connectivity index (χ0) is 22.0. The van der Waals surface area contributed by atoms with Gasteiger partial charge in [-0.25, -0.2) is 8.42 Å². The van der Waals surface area contributed by atoms with E-state index in [1.807, 2.05) is 0 Å². The molecule has 0 spiro atoms. The second kappa shape index (κ2) is 8.49. The fourth-order valence-electron chi connectivity index (χ4n) is 3.20. The van der Waals surface area contributed by atoms with Crippen molar-refractivity contribution in [1.82, 2.24) is 0 Å². The van der Waals surface area contributed by atoms with E-state index in [1.165, 1.54) is 28.6 Å². The van der Waals surface area contributed by atoms with Crippen molar-refractivity contribution in [2.75, 3.05) is 23.3 Å². The van der Waals surface area contributed by atoms with Crippen LogP contribution in [0.4, 0.5) is 11.4 Å². The first kappa shape index (κ1) is 21.0. The highest BCUT2D eigenvalue weighted by molar-refractivity contribution is 7.92. The lowest BCUT2D eigenvalue weighted by molar-refractivity contribution is -0.122. The summed E-state index contributed by atoms with van der Waals surface area (Å²) in [6.45, 7) is -0.177. The van der Waals surface area contributed by atoms with Gasteiger partial charge in [0.2, 0.25) is 0 Å². The molecule has 0 saturated carbocycles. The molecule has 1 N–H and O–H groups in total. The van der Waals surface area contributed by atoms with Crippen LogP contribution in [0.3, 0.4) is 0 Å². The van der Waals surface area contributed by atoms with Crippen LogP contribution in [0, 0.1) is 0 Å². The number of carbonyl (C=O) groups is 1. The van der Waals surface area contributed by atoms with Crippen LogP contribution in [0.5, 0.6) is 11.5 Å². The van der Waals surface area contributed by atoms with Gasteiger partial charge in [-0.05, 0) is 60.7 Å². The number of methoxy groups -OCH3 is 1. The van der Waals surface area contributed by atoms with E-state index in [4.69, 9.17) is 21.1 Å². The SMILES string of the molecule is COc1ccc(NC(=O)C2CN(S(=O)(=O)c3ccc(Cl)cc3)c3ccccc3O2)cc1. The summed E-state index contributed by atoms with van der Waals surface area (Å²) in [4.78, 5) is 13.0. The number of halogens is 1. The smallest absolute Gasteiger partial charge is 0.267 e. The molecule has 3 aromatic carbocycles. The molecule has 7 nitrogen and oxygen atoms in total. The van der Waals surface area contributed by atoms with Crippen molar-refractivity contribution in [3.05, 3.63) is 77.8 Å². The molecule has 1 aliphatic rings. The molecule has 1 aliphatic heterocycles. The molecule has 0 aliphatic carbocycles. The number of fused-ring (bicyclic) bond motifs is 1. The Hall–Kier alpha value is -3.23. The predicted molar refractivity (Wildman–Crippen MR) is 118 cm³/mol. The molecule has 0 radical (unpaired) electrons. The van der Waals surface area contributed by atoms with E-state index >= 15 is 0 Å². The highest BCUT2D eigenvalue weighted by Gasteiger charge is 2.37. The van der Waals surface area contributed by atoms with Crippen molar-refractivity contribution in [3.8, 4) is 11.5 Å². The van der Waals surface area contributed by atoms with Gasteiger partial charge in [0.25, 0.3) is 15.9 Å². The van der Waals surface area contributed by atoms with Gasteiger partial charge in [-0.15, -0.1) is 0 Å². The van der Waals surface area contributed by atoms with Crippen LogP contribution in [0.25, 0.3) is 0 Å². The number of carbonyl (C=O) groups excluding carboxylic acids is 1. The molecule has 0 aromatic heterocycles. The highest BCUT2D eigenvalue weighted by Crippen LogP contribution is 2.37. The van der Waals surface area contributed by atoms with Gasteiger partial charge in [0.1, 0.15) is 11.5 Å². The van der Waals surface area contributed by atoms with Gasteiger partial charge in [0, 0.05) is 10.7 Å². The summed E-state index contributed by atoms with van der Waals surface area (Å²) >= 11 is 5.90. The van der Waals surface area contributed by atoms with Crippen LogP contribution >= 0.6 is 11.6 Å². The monoisotopic (exact) mass is 458 g/mol. The minimum atomic E-state index is -3.94. The molecule has 31 heavy (non-hydrogen) atoms. The summed E-state index contributed by atoms with van der Waals surface area (Å²) in [6.07, 6.45) is -1.04. The topological polar surface area (TPSA) is 84.9 Å². The third-order valence-corrected chi connectivity index (χ3v) is 6.83. The quantitative estimate of drug-likeness (QED) is 0.626. The number of hydrogen-bond donors (Lipinski definition) is 1. The molecule has 0 fully saturated rings. The Morgan fingerprint density at radius 1 is 1.06 bits per heavy atom. The zero-order valence-corrected chi connectivity index (χ0v) is 18.1. The average Bonchev–Trinajstić information content (AvgIpc) is 2.79. The lowest BCUT2D eigenvalue weighted by Crippen LogP contribution is -2.48. The summed E-state index contributed by atoms with van der Waals surface area (Å²) in [5.41, 5.74) is 0.909. The number of amides is 1. The number of hydrogen-bond acceptors (Lipinski definition) is 5. The number of rotatable bonds is 5. The predicted octanol–water partition coefficient (Wildman–Crippen LogP) is 3.94. The van der Waals surface area contributed by atoms with Crippen LogP contribution < -0.4 is 19.1 Å². The summed E-state index contributed by atoms with van der Waals surface area (Å²) in [7, 11) is -2.39. The molecule has 0 saturated heterocycles. The number of sulfonamides is 1. The molecule has 1 unspecified atom stereocenters. The molecule has 9 heteroatoms. The number of para-hydroxylation sites is 2. The van der Waals surface area contributed by atoms with Crippen molar-refractivity contribution in [3.63, 3.8) is 0 Å². The van der Waals surface area contributed by atoms with Gasteiger partial charge < -0.3 is 14.8 Å². The summed E-state index contributed by atoms with van der Waals surface area (Å²) in [5, 5.41) is 3.18. The second-order valence-corrected chi connectivity index (χ2v) is 9.08. The fourth-order valence-corrected chi connectivity index (χ4v) is 4.80. The number of nitrogens with one attached hydrogen (secondary N) is 1. The van der Waals surface area contributed by atoms with Crippen molar-refractivity contribution < 1.29 is 22.7 Å². The van der Waals surface area contributed by atoms with E-state index in [1.54, 1.807) is 55.6 Å². The highest BCUT2D eigenvalue weighted by atomic mass is 35.5. The van der Waals surface area contributed by atoms with E-state index in [-0.39, 0.29) is 11.4 Å². The minimum absolute atomic E-state index is 0.0721. The third kappa shape index (κ3) is 4.30. The third-order valence-electron chi connectivity index (χ3n) is 4.79. The van der Waals surface area contributed by atoms with Crippen LogP contribution in [-0.4, -0.2) is 34.1 Å². The number of benzene rings is 3. The molecule has 3 aromatic rings. The van der Waals surface area contributed by atoms with Crippen molar-refractivity contribution in [2.24, 2.45) is 0 Å². The van der Waals surface area contributed by atoms with Crippen LogP contribution in [-0.2, 0) is 14.8 Å². The maximum absolute atomic E-state index is 13.3. The van der Waals surface area contributed by atoms with Gasteiger partial charge in [-0.1, -0.05) is 23.7 Å². The Balaban J connectivity index is 1.63. The Morgan fingerprint density at radius 2 is 1.74 bits per heavy atom. The van der Waals surface area contributed by atoms with E-state index in [0.29, 0.717) is 27.9 Å². The van der Waals surface area contributed by atoms with E-state index in [0.717, 1.165) is 0 Å². The van der Waals surface area contributed by atoms with Crippen molar-refractivity contribution in [1.29, 1.82) is 0 Å². The van der Waals surface area contributed by atoms with Gasteiger partial charge in [0.15, 0.2) is 6.10 Å². The van der Waals surface area contributed by atoms with E-state index in [9.17, 15) is 13.2 Å². The zero-order valence-electron chi connectivity index (χ0n) is 16.5. The summed E-state index contributed by atoms with van der Waals surface area (Å²) in [6, 6.07) is 19.4. The molecule has 160 valence electrons. The number of nitrogens with zero attached hydrogens (tertiary/aromatic N) is 1. The summed E-state index contributed by atoms with van der Waals surface area (Å²) < 4.78 is 38.8. The molecule has 1 heterocycles. The molecule has 1 amide bonds. The van der Waals surface area contributed by atoms with Gasteiger partial charge in [-0.2, -0.15) is 0 Å². The first-order valence-corrected chi connectivity index (χ1v) is 11.2. The largest absolute Gasteiger partial charge is 0.497 e. The molecule has 4 rings (SSSR count). The minimum Gasteiger partial charge on any atom is -0.497 e. The van der Waals surface area contributed by atoms with E-state index < -0.39 is 22.0 Å². The van der Waals surface area contributed by atoms with Crippen molar-refractivity contribution in [2.45, 2.75) is 11.0 Å². The van der Waals surface area contributed by atoms with Gasteiger partial charge >= 0.3 is 0 Å². The van der Waals surface area contributed by atoms with Crippen molar-refractivity contribution >= 4 is 38.9 Å². The van der Waals surface area contributed by atoms with Crippen LogP contribution in [0.15, 0.2) is 77.7 Å². The standard InChI is InChI=1S/C22H19ClN2O5S/c1-29-17-10-8-16(9-11-17)24-22(26)21-14-25(19-4-2-3-5-20(19)30-21)31(27,28)18-12-6-15(23)7-13-18/h2-13,21H,14H2,1H3,(H,24,26). The average molecular weight is 459 g/mol. The Labute approximate surface area is 185 Å². The van der Waals surface area contributed by atoms with E-state index in [2.05, 4.69) is 5.32 Å². The molecular formula is C22H19ClN2O5S. The molecular weight excluding hydrogens is 440 g/mol. The summed E-state index contributed by atoms with van der Waals surface area (Å²) in [5.74, 6) is 0.498. The fraction of sp³-hybridized carbons (Fsp3) is 0.136. The first-order chi connectivity index (χ1) is 14.9. The Morgan fingerprint density at radius 3 is 2.42 bits per heavy atom. The first-order valence-electron chi connectivity index (χ1n) is 9.37. The normalized spacial score (nSPS) is 15.5. The van der Waals surface area contributed by atoms with Gasteiger partial charge in [0.05, 0.1) is 24.2 Å². The van der Waals surface area contributed by atoms with Crippen LogP contribution in [0.2, 0.25) is 5.02 Å². The Kier molecular flexibility index (Phi) is 5.75. The lowest BCUT2D eigenvalue weighted by Gasteiger charge is -2.34. The maximum atomic E-state index is 13.3. The number of ether oxygens (including phenoxy) is 2. The van der Waals surface area contributed by atoms with Crippen LogP contribution in [0.1, 0.15) is 0 Å². The molecule has 0 bridgehead atoms. The number of anilines is 2. The lowest BCUT2D eigenvalue weighted by atomic mass is 10.2. The second-order valence-electron chi connectivity index (χ2n) is 6.78. The maximum Gasteiger partial charge on any atom is 0.267 e.